The van der Waals surface area contributed by atoms with E-state index in [1.165, 1.54) is 0 Å². The molecule has 5 nitrogen and oxygen atoms in total. The van der Waals surface area contributed by atoms with Crippen LogP contribution in [-0.2, 0) is 16.3 Å². The van der Waals surface area contributed by atoms with E-state index in [2.05, 4.69) is 9.97 Å². The van der Waals surface area contributed by atoms with E-state index < -0.39 is 11.6 Å². The fourth-order valence-corrected chi connectivity index (χ4v) is 2.40. The van der Waals surface area contributed by atoms with Gasteiger partial charge in [-0.2, -0.15) is 0 Å². The van der Waals surface area contributed by atoms with Crippen molar-refractivity contribution in [2.24, 2.45) is 0 Å². The van der Waals surface area contributed by atoms with Crippen molar-refractivity contribution in [3.05, 3.63) is 47.8 Å². The van der Waals surface area contributed by atoms with Gasteiger partial charge in [-0.05, 0) is 24.3 Å². The molecule has 0 saturated carbocycles. The van der Waals surface area contributed by atoms with Gasteiger partial charge in [0.25, 0.3) is 11.6 Å². The van der Waals surface area contributed by atoms with E-state index in [-0.39, 0.29) is 0 Å². The van der Waals surface area contributed by atoms with E-state index in [9.17, 15) is 10.2 Å². The maximum absolute atomic E-state index is 10.3. The standard InChI is InChI=1S/C12H8N2O3/c15-11-7-3-1-5-13-9(7)10-8(4-2-6-14-10)12(11,16)17-11/h1-6,15-16H. The minimum atomic E-state index is -1.69. The van der Waals surface area contributed by atoms with Crippen molar-refractivity contribution in [1.29, 1.82) is 0 Å². The first-order valence-electron chi connectivity index (χ1n) is 5.23. The van der Waals surface area contributed by atoms with Gasteiger partial charge >= 0.3 is 0 Å². The monoisotopic (exact) mass is 228 g/mol. The van der Waals surface area contributed by atoms with E-state index in [0.29, 0.717) is 22.5 Å². The zero-order valence-electron chi connectivity index (χ0n) is 8.66. The summed E-state index contributed by atoms with van der Waals surface area (Å²) in [7, 11) is 0. The molecule has 0 amide bonds. The number of ether oxygens (including phenoxy) is 1. The molecule has 2 aromatic rings. The summed E-state index contributed by atoms with van der Waals surface area (Å²) in [6.07, 6.45) is 3.24. The van der Waals surface area contributed by atoms with Gasteiger partial charge in [-0.3, -0.25) is 14.7 Å². The lowest BCUT2D eigenvalue weighted by Gasteiger charge is -2.21. The summed E-state index contributed by atoms with van der Waals surface area (Å²) in [5.41, 5.74) is 2.00. The molecule has 0 bridgehead atoms. The van der Waals surface area contributed by atoms with Gasteiger partial charge in [0.05, 0.1) is 11.4 Å². The highest BCUT2D eigenvalue weighted by atomic mass is 16.8. The number of nitrogens with zero attached hydrogens (tertiary/aromatic N) is 2. The number of epoxide rings is 1. The molecule has 4 rings (SSSR count). The highest BCUT2D eigenvalue weighted by Gasteiger charge is 2.75. The van der Waals surface area contributed by atoms with Gasteiger partial charge in [-0.1, -0.05) is 0 Å². The van der Waals surface area contributed by atoms with Gasteiger partial charge in [-0.15, -0.1) is 0 Å². The van der Waals surface area contributed by atoms with E-state index in [1.54, 1.807) is 36.7 Å². The van der Waals surface area contributed by atoms with Crippen molar-refractivity contribution in [2.75, 3.05) is 0 Å². The number of fused-ring (bicyclic) bond motifs is 6. The lowest BCUT2D eigenvalue weighted by Crippen LogP contribution is -2.27. The maximum atomic E-state index is 10.3. The molecule has 1 fully saturated rings. The van der Waals surface area contributed by atoms with Crippen LogP contribution in [0.1, 0.15) is 11.1 Å². The van der Waals surface area contributed by atoms with Crippen LogP contribution < -0.4 is 0 Å². The van der Waals surface area contributed by atoms with Crippen LogP contribution in [0, 0.1) is 0 Å². The second-order valence-electron chi connectivity index (χ2n) is 4.19. The van der Waals surface area contributed by atoms with Crippen molar-refractivity contribution < 1.29 is 14.9 Å². The largest absolute Gasteiger partial charge is 0.357 e. The van der Waals surface area contributed by atoms with E-state index in [1.807, 2.05) is 0 Å². The topological polar surface area (TPSA) is 78.8 Å². The number of hydrogen-bond acceptors (Lipinski definition) is 5. The second kappa shape index (κ2) is 2.53. The first kappa shape index (κ1) is 9.23. The molecule has 0 radical (unpaired) electrons. The summed E-state index contributed by atoms with van der Waals surface area (Å²) in [4.78, 5) is 8.40. The average molecular weight is 228 g/mol. The fraction of sp³-hybridized carbons (Fsp3) is 0.167. The molecule has 5 heteroatoms. The third kappa shape index (κ3) is 0.870. The van der Waals surface area contributed by atoms with Gasteiger partial charge in [0.15, 0.2) is 0 Å². The molecule has 2 unspecified atom stereocenters. The van der Waals surface area contributed by atoms with Gasteiger partial charge in [0, 0.05) is 23.5 Å². The molecule has 0 aromatic carbocycles. The summed E-state index contributed by atoms with van der Waals surface area (Å²) in [6.45, 7) is 0. The van der Waals surface area contributed by atoms with Crippen molar-refractivity contribution in [2.45, 2.75) is 11.6 Å². The lowest BCUT2D eigenvalue weighted by atomic mass is 9.88. The highest BCUT2D eigenvalue weighted by molar-refractivity contribution is 5.70. The Kier molecular flexibility index (Phi) is 1.38. The molecule has 1 saturated heterocycles. The molecule has 2 aromatic heterocycles. The first-order chi connectivity index (χ1) is 8.17. The zero-order valence-corrected chi connectivity index (χ0v) is 8.66. The number of hydrogen-bond donors (Lipinski definition) is 2. The van der Waals surface area contributed by atoms with Crippen molar-refractivity contribution in [1.82, 2.24) is 9.97 Å². The second-order valence-corrected chi connectivity index (χ2v) is 4.19. The van der Waals surface area contributed by atoms with Crippen LogP contribution in [0.3, 0.4) is 0 Å². The van der Waals surface area contributed by atoms with Crippen LogP contribution in [0.15, 0.2) is 36.7 Å². The normalized spacial score (nSPS) is 32.4. The molecular weight excluding hydrogens is 220 g/mol. The Bertz CT molecular complexity index is 590. The summed E-state index contributed by atoms with van der Waals surface area (Å²) >= 11 is 0. The molecule has 1 aliphatic carbocycles. The molecular formula is C12H8N2O3. The zero-order chi connectivity index (χ0) is 11.7. The number of aliphatic hydroxyl groups is 2. The Morgan fingerprint density at radius 2 is 1.35 bits per heavy atom. The number of aromatic nitrogens is 2. The highest BCUT2D eigenvalue weighted by Crippen LogP contribution is 2.64. The van der Waals surface area contributed by atoms with Crippen LogP contribution in [0.2, 0.25) is 0 Å². The molecule has 1 aliphatic heterocycles. The molecule has 17 heavy (non-hydrogen) atoms. The Hall–Kier alpha value is -1.82. The SMILES string of the molecule is OC12OC1(O)c1cccnc1-c1ncccc12. The Morgan fingerprint density at radius 3 is 1.82 bits per heavy atom. The Labute approximate surface area is 96.3 Å². The third-order valence-corrected chi connectivity index (χ3v) is 3.28. The van der Waals surface area contributed by atoms with E-state index in [4.69, 9.17) is 4.74 Å². The van der Waals surface area contributed by atoms with Crippen LogP contribution in [0.25, 0.3) is 11.4 Å². The predicted molar refractivity (Wildman–Crippen MR) is 56.3 cm³/mol. The maximum Gasteiger partial charge on any atom is 0.258 e. The summed E-state index contributed by atoms with van der Waals surface area (Å²) in [5.74, 6) is -3.38. The number of rotatable bonds is 0. The molecule has 2 aliphatic rings. The van der Waals surface area contributed by atoms with E-state index >= 15 is 0 Å². The molecule has 3 heterocycles. The lowest BCUT2D eigenvalue weighted by molar-refractivity contribution is 0.0130. The van der Waals surface area contributed by atoms with Gasteiger partial charge in [-0.25, -0.2) is 0 Å². The Morgan fingerprint density at radius 1 is 0.882 bits per heavy atom. The van der Waals surface area contributed by atoms with Crippen LogP contribution >= 0.6 is 0 Å². The molecule has 84 valence electrons. The van der Waals surface area contributed by atoms with Crippen molar-refractivity contribution in [3.63, 3.8) is 0 Å². The smallest absolute Gasteiger partial charge is 0.258 e. The van der Waals surface area contributed by atoms with Gasteiger partial charge in [0.2, 0.25) is 0 Å². The van der Waals surface area contributed by atoms with Crippen LogP contribution in [0.4, 0.5) is 0 Å². The molecule has 0 spiro atoms. The summed E-state index contributed by atoms with van der Waals surface area (Å²) in [5, 5.41) is 20.5. The van der Waals surface area contributed by atoms with E-state index in [0.717, 1.165) is 0 Å². The summed E-state index contributed by atoms with van der Waals surface area (Å²) < 4.78 is 5.14. The molecule has 2 atom stereocenters. The first-order valence-corrected chi connectivity index (χ1v) is 5.23. The Balaban J connectivity index is 2.14. The minimum absolute atomic E-state index is 0.452. The van der Waals surface area contributed by atoms with Crippen molar-refractivity contribution >= 4 is 0 Å². The van der Waals surface area contributed by atoms with Crippen LogP contribution in [0.5, 0.6) is 0 Å². The van der Waals surface area contributed by atoms with Crippen LogP contribution in [-0.4, -0.2) is 20.2 Å². The van der Waals surface area contributed by atoms with Gasteiger partial charge < -0.3 is 10.2 Å². The summed E-state index contributed by atoms with van der Waals surface area (Å²) in [6, 6.07) is 6.73. The van der Waals surface area contributed by atoms with Crippen molar-refractivity contribution in [3.8, 4) is 11.4 Å². The fourth-order valence-electron chi connectivity index (χ4n) is 2.40. The van der Waals surface area contributed by atoms with Gasteiger partial charge in [0.1, 0.15) is 0 Å². The third-order valence-electron chi connectivity index (χ3n) is 3.28. The average Bonchev–Trinajstić information content (AvgIpc) is 2.96. The number of pyridine rings is 2. The molecule has 2 N–H and O–H groups in total. The minimum Gasteiger partial charge on any atom is -0.357 e. The quantitative estimate of drug-likeness (QED) is 0.641. The predicted octanol–water partition coefficient (Wildman–Crippen LogP) is 0.478.